The molecule has 180 valence electrons. The summed E-state index contributed by atoms with van der Waals surface area (Å²) in [5, 5.41) is 20.8. The number of hydrogen-bond donors (Lipinski definition) is 2. The number of carbonyl (C=O) groups is 1. The standard InChI is InChI=1S/C26H29NO7/c1-4-19-22(31-2)11-17(12-23(19)32-3)25(28)18(15-27-10-9-16(14-27)26(29)30)13-24-33-20-7-5-6-8-21(20)34-24/h5-12,14,18,24-25,28H,4,13,15H2,1-3H3,(H,29,30)/t18-,25+/m0/s1. The molecule has 8 heteroatoms. The number of nitrogens with zero attached hydrogens (tertiary/aromatic N) is 1. The number of aromatic nitrogens is 1. The molecule has 0 radical (unpaired) electrons. The van der Waals surface area contributed by atoms with Gasteiger partial charge in [0.25, 0.3) is 0 Å². The van der Waals surface area contributed by atoms with Gasteiger partial charge >= 0.3 is 5.97 Å². The Labute approximate surface area is 198 Å². The van der Waals surface area contributed by atoms with E-state index in [1.807, 2.05) is 43.3 Å². The highest BCUT2D eigenvalue weighted by molar-refractivity contribution is 5.87. The number of fused-ring (bicyclic) bond motifs is 1. The van der Waals surface area contributed by atoms with Crippen molar-refractivity contribution in [1.82, 2.24) is 4.57 Å². The van der Waals surface area contributed by atoms with Crippen molar-refractivity contribution < 1.29 is 34.0 Å². The highest BCUT2D eigenvalue weighted by Gasteiger charge is 2.32. The van der Waals surface area contributed by atoms with Gasteiger partial charge in [0.05, 0.1) is 25.9 Å². The predicted molar refractivity (Wildman–Crippen MR) is 125 cm³/mol. The molecule has 8 nitrogen and oxygen atoms in total. The van der Waals surface area contributed by atoms with E-state index in [2.05, 4.69) is 0 Å². The maximum absolute atomic E-state index is 11.5. The van der Waals surface area contributed by atoms with Gasteiger partial charge in [-0.2, -0.15) is 0 Å². The van der Waals surface area contributed by atoms with E-state index in [4.69, 9.17) is 18.9 Å². The van der Waals surface area contributed by atoms with E-state index in [-0.39, 0.29) is 11.5 Å². The number of ether oxygens (including phenoxy) is 4. The van der Waals surface area contributed by atoms with Crippen molar-refractivity contribution in [2.45, 2.75) is 38.7 Å². The lowest BCUT2D eigenvalue weighted by atomic mass is 9.91. The first-order valence-electron chi connectivity index (χ1n) is 11.2. The lowest BCUT2D eigenvalue weighted by molar-refractivity contribution is -0.00698. The Bertz CT molecular complexity index is 1110. The predicted octanol–water partition coefficient (Wildman–Crippen LogP) is 4.30. The van der Waals surface area contributed by atoms with Crippen LogP contribution in [-0.2, 0) is 13.0 Å². The highest BCUT2D eigenvalue weighted by atomic mass is 16.7. The largest absolute Gasteiger partial charge is 0.496 e. The zero-order chi connectivity index (χ0) is 24.2. The van der Waals surface area contributed by atoms with Crippen molar-refractivity contribution in [3.05, 3.63) is 71.5 Å². The second-order valence-electron chi connectivity index (χ2n) is 8.21. The normalized spacial score (nSPS) is 14.6. The molecule has 0 amide bonds. The molecule has 1 aliphatic heterocycles. The molecular formula is C26H29NO7. The van der Waals surface area contributed by atoms with E-state index in [0.717, 1.165) is 12.0 Å². The Morgan fingerprint density at radius 2 is 1.71 bits per heavy atom. The maximum atomic E-state index is 11.5. The zero-order valence-corrected chi connectivity index (χ0v) is 19.4. The van der Waals surface area contributed by atoms with Gasteiger partial charge in [0, 0.05) is 36.8 Å². The lowest BCUT2D eigenvalue weighted by Gasteiger charge is -2.27. The van der Waals surface area contributed by atoms with Crippen LogP contribution in [0, 0.1) is 5.92 Å². The van der Waals surface area contributed by atoms with Crippen LogP contribution in [0.25, 0.3) is 0 Å². The summed E-state index contributed by atoms with van der Waals surface area (Å²) in [7, 11) is 3.18. The summed E-state index contributed by atoms with van der Waals surface area (Å²) in [5.74, 6) is 1.23. The van der Waals surface area contributed by atoms with Crippen molar-refractivity contribution in [2.75, 3.05) is 14.2 Å². The van der Waals surface area contributed by atoms with Crippen LogP contribution in [0.2, 0.25) is 0 Å². The molecule has 0 aliphatic carbocycles. The van der Waals surface area contributed by atoms with Gasteiger partial charge in [0.2, 0.25) is 6.29 Å². The first-order valence-corrected chi connectivity index (χ1v) is 11.2. The molecule has 0 fully saturated rings. The molecule has 2 aromatic carbocycles. The fourth-order valence-electron chi connectivity index (χ4n) is 4.35. The van der Waals surface area contributed by atoms with Crippen LogP contribution in [0.1, 0.15) is 40.9 Å². The third kappa shape index (κ3) is 4.82. The number of rotatable bonds is 10. The number of aliphatic hydroxyl groups is 1. The Morgan fingerprint density at radius 3 is 2.21 bits per heavy atom. The monoisotopic (exact) mass is 467 g/mol. The van der Waals surface area contributed by atoms with Crippen molar-refractivity contribution in [1.29, 1.82) is 0 Å². The number of methoxy groups -OCH3 is 2. The molecule has 2 N–H and O–H groups in total. The maximum Gasteiger partial charge on any atom is 0.337 e. The second-order valence-corrected chi connectivity index (χ2v) is 8.21. The van der Waals surface area contributed by atoms with E-state index < -0.39 is 18.4 Å². The first-order chi connectivity index (χ1) is 16.4. The van der Waals surface area contributed by atoms with Crippen molar-refractivity contribution in [3.8, 4) is 23.0 Å². The number of benzene rings is 2. The number of carboxylic acids is 1. The van der Waals surface area contributed by atoms with Gasteiger partial charge in [0.1, 0.15) is 11.5 Å². The number of aromatic carboxylic acids is 1. The van der Waals surface area contributed by atoms with Gasteiger partial charge in [-0.25, -0.2) is 4.79 Å². The summed E-state index contributed by atoms with van der Waals surface area (Å²) in [6, 6.07) is 12.6. The Morgan fingerprint density at radius 1 is 1.09 bits per heavy atom. The quantitative estimate of drug-likeness (QED) is 0.459. The summed E-state index contributed by atoms with van der Waals surface area (Å²) < 4.78 is 24.8. The molecular weight excluding hydrogens is 438 g/mol. The third-order valence-corrected chi connectivity index (χ3v) is 6.08. The summed E-state index contributed by atoms with van der Waals surface area (Å²) >= 11 is 0. The van der Waals surface area contributed by atoms with Crippen LogP contribution in [0.5, 0.6) is 23.0 Å². The van der Waals surface area contributed by atoms with Gasteiger partial charge in [0.15, 0.2) is 11.5 Å². The molecule has 0 saturated heterocycles. The number of aliphatic hydroxyl groups excluding tert-OH is 1. The smallest absolute Gasteiger partial charge is 0.337 e. The molecule has 0 bridgehead atoms. The summed E-state index contributed by atoms with van der Waals surface area (Å²) in [6.45, 7) is 2.37. The lowest BCUT2D eigenvalue weighted by Crippen LogP contribution is -2.28. The molecule has 0 saturated carbocycles. The van der Waals surface area contributed by atoms with E-state index in [9.17, 15) is 15.0 Å². The molecule has 1 aliphatic rings. The molecule has 3 aromatic rings. The minimum Gasteiger partial charge on any atom is -0.496 e. The van der Waals surface area contributed by atoms with E-state index in [1.54, 1.807) is 31.2 Å². The minimum absolute atomic E-state index is 0.185. The summed E-state index contributed by atoms with van der Waals surface area (Å²) in [4.78, 5) is 11.3. The Kier molecular flexibility index (Phi) is 6.98. The van der Waals surface area contributed by atoms with Crippen molar-refractivity contribution in [2.24, 2.45) is 5.92 Å². The minimum atomic E-state index is -1.00. The molecule has 34 heavy (non-hydrogen) atoms. The third-order valence-electron chi connectivity index (χ3n) is 6.08. The van der Waals surface area contributed by atoms with Gasteiger partial charge in [-0.1, -0.05) is 19.1 Å². The van der Waals surface area contributed by atoms with E-state index >= 15 is 0 Å². The van der Waals surface area contributed by atoms with Crippen LogP contribution in [0.15, 0.2) is 54.9 Å². The average Bonchev–Trinajstić information content (AvgIpc) is 3.48. The molecule has 2 heterocycles. The summed E-state index contributed by atoms with van der Waals surface area (Å²) in [5.41, 5.74) is 1.74. The Hall–Kier alpha value is -3.65. The molecule has 0 unspecified atom stereocenters. The van der Waals surface area contributed by atoms with E-state index in [1.165, 1.54) is 6.07 Å². The second kappa shape index (κ2) is 10.1. The molecule has 4 rings (SSSR count). The van der Waals surface area contributed by atoms with Crippen LogP contribution in [0.4, 0.5) is 0 Å². The highest BCUT2D eigenvalue weighted by Crippen LogP contribution is 2.40. The van der Waals surface area contributed by atoms with Crippen LogP contribution >= 0.6 is 0 Å². The SMILES string of the molecule is CCc1c(OC)cc([C@@H](O)[C@@H](CC2Oc3ccccc3O2)Cn2ccc(C(=O)O)c2)cc1OC. The van der Waals surface area contributed by atoms with Crippen molar-refractivity contribution in [3.63, 3.8) is 0 Å². The van der Waals surface area contributed by atoms with Crippen LogP contribution in [0.3, 0.4) is 0 Å². The topological polar surface area (TPSA) is 99.4 Å². The number of carboxylic acid groups (broad SMARTS) is 1. The number of para-hydroxylation sites is 2. The van der Waals surface area contributed by atoms with Crippen LogP contribution < -0.4 is 18.9 Å². The Balaban J connectivity index is 1.63. The van der Waals surface area contributed by atoms with Gasteiger partial charge in [-0.3, -0.25) is 0 Å². The van der Waals surface area contributed by atoms with Gasteiger partial charge in [-0.05, 0) is 42.3 Å². The molecule has 2 atom stereocenters. The van der Waals surface area contributed by atoms with Crippen molar-refractivity contribution >= 4 is 5.97 Å². The number of hydrogen-bond acceptors (Lipinski definition) is 6. The van der Waals surface area contributed by atoms with Gasteiger partial charge < -0.3 is 33.7 Å². The van der Waals surface area contributed by atoms with Gasteiger partial charge in [-0.15, -0.1) is 0 Å². The molecule has 1 aromatic heterocycles. The average molecular weight is 468 g/mol. The fraction of sp³-hybridized carbons (Fsp3) is 0.346. The summed E-state index contributed by atoms with van der Waals surface area (Å²) in [6.07, 6.45) is 2.83. The molecule has 0 spiro atoms. The first kappa shape index (κ1) is 23.5. The zero-order valence-electron chi connectivity index (χ0n) is 19.4. The van der Waals surface area contributed by atoms with Crippen LogP contribution in [-0.4, -0.2) is 41.3 Å². The van der Waals surface area contributed by atoms with E-state index in [0.29, 0.717) is 41.5 Å². The fourth-order valence-corrected chi connectivity index (χ4v) is 4.35.